The van der Waals surface area contributed by atoms with E-state index < -0.39 is 0 Å². The van der Waals surface area contributed by atoms with Gasteiger partial charge < -0.3 is 9.80 Å². The second kappa shape index (κ2) is 17.7. The third kappa shape index (κ3) is 7.39. The molecule has 10 aromatic rings. The second-order valence-corrected chi connectivity index (χ2v) is 18.7. The van der Waals surface area contributed by atoms with E-state index in [1.807, 2.05) is 0 Å². The van der Waals surface area contributed by atoms with Crippen LogP contribution < -0.4 is 9.80 Å². The number of para-hydroxylation sites is 2. The maximum absolute atomic E-state index is 2.59. The van der Waals surface area contributed by atoms with Gasteiger partial charge >= 0.3 is 0 Å². The molecule has 0 saturated heterocycles. The molecule has 0 bridgehead atoms. The van der Waals surface area contributed by atoms with Gasteiger partial charge in [0.2, 0.25) is 0 Å². The molecule has 0 saturated carbocycles. The quantitative estimate of drug-likeness (QED) is 0.113. The largest absolute Gasteiger partial charge is 0.309 e. The summed E-state index contributed by atoms with van der Waals surface area (Å²) < 4.78 is 0. The van der Waals surface area contributed by atoms with E-state index in [-0.39, 0.29) is 11.8 Å². The topological polar surface area (TPSA) is 6.48 Å². The average molecular weight is 857 g/mol. The maximum atomic E-state index is 2.59. The summed E-state index contributed by atoms with van der Waals surface area (Å²) in [5, 5.41) is 7.86. The van der Waals surface area contributed by atoms with Crippen LogP contribution in [0.1, 0.15) is 86.8 Å². The lowest BCUT2D eigenvalue weighted by Crippen LogP contribution is -2.16. The number of nitrogens with zero attached hydrogens (tertiary/aromatic N) is 2. The van der Waals surface area contributed by atoms with E-state index in [1.54, 1.807) is 0 Å². The van der Waals surface area contributed by atoms with Crippen LogP contribution in [0.4, 0.5) is 34.1 Å². The SMILES string of the molecule is CCc1ccccc1N(c1cc(-c2ccccc2)ccc1C)c1cc(C(C)C)c2ccc3c(N(c4cc(-c5ccccc5)ccc4C)c4ccccc4CC)cc(C(C)C)c4ccc1c2c43. The molecule has 0 heterocycles. The van der Waals surface area contributed by atoms with Crippen LogP contribution in [0.3, 0.4) is 0 Å². The first-order chi connectivity index (χ1) is 32.2. The van der Waals surface area contributed by atoms with E-state index in [4.69, 9.17) is 0 Å². The van der Waals surface area contributed by atoms with Crippen LogP contribution in [0.25, 0.3) is 54.6 Å². The lowest BCUT2D eigenvalue weighted by molar-refractivity contribution is 0.875. The highest BCUT2D eigenvalue weighted by Crippen LogP contribution is 2.52. The molecule has 0 fully saturated rings. The maximum Gasteiger partial charge on any atom is 0.0543 e. The van der Waals surface area contributed by atoms with Crippen molar-refractivity contribution in [2.75, 3.05) is 9.80 Å². The molecule has 2 heteroatoms. The number of aryl methyl sites for hydroxylation is 4. The van der Waals surface area contributed by atoms with E-state index in [0.29, 0.717) is 0 Å². The van der Waals surface area contributed by atoms with Crippen molar-refractivity contribution in [2.24, 2.45) is 0 Å². The Hall–Kier alpha value is -7.16. The molecule has 0 N–H and O–H groups in total. The summed E-state index contributed by atoms with van der Waals surface area (Å²) in [4.78, 5) is 5.18. The Labute approximate surface area is 392 Å². The minimum atomic E-state index is 0.286. The first kappa shape index (κ1) is 42.8. The Morgan fingerprint density at radius 3 is 1.08 bits per heavy atom. The molecule has 0 unspecified atom stereocenters. The molecule has 0 radical (unpaired) electrons. The fourth-order valence-electron chi connectivity index (χ4n) is 10.5. The van der Waals surface area contributed by atoms with Crippen LogP contribution in [-0.2, 0) is 12.8 Å². The van der Waals surface area contributed by atoms with Gasteiger partial charge in [-0.05, 0) is 152 Å². The minimum absolute atomic E-state index is 0.286. The van der Waals surface area contributed by atoms with Gasteiger partial charge in [-0.25, -0.2) is 0 Å². The fourth-order valence-corrected chi connectivity index (χ4v) is 10.5. The molecule has 10 rings (SSSR count). The zero-order valence-electron chi connectivity index (χ0n) is 39.8. The van der Waals surface area contributed by atoms with Crippen LogP contribution in [0.5, 0.6) is 0 Å². The third-order valence-electron chi connectivity index (χ3n) is 14.0. The summed E-state index contributed by atoms with van der Waals surface area (Å²) in [7, 11) is 0. The van der Waals surface area contributed by atoms with Crippen LogP contribution in [0, 0.1) is 13.8 Å². The molecule has 0 aliphatic rings. The van der Waals surface area contributed by atoms with Crippen molar-refractivity contribution in [1.29, 1.82) is 0 Å². The van der Waals surface area contributed by atoms with Gasteiger partial charge in [-0.15, -0.1) is 0 Å². The Kier molecular flexibility index (Phi) is 11.5. The Morgan fingerprint density at radius 2 is 0.697 bits per heavy atom. The monoisotopic (exact) mass is 856 g/mol. The summed E-state index contributed by atoms with van der Waals surface area (Å²) in [5.74, 6) is 0.572. The van der Waals surface area contributed by atoms with Gasteiger partial charge in [0.25, 0.3) is 0 Å². The van der Waals surface area contributed by atoms with E-state index in [9.17, 15) is 0 Å². The molecular formula is C64H60N2. The van der Waals surface area contributed by atoms with Crippen LogP contribution in [-0.4, -0.2) is 0 Å². The molecule has 0 aromatic heterocycles. The number of hydrogen-bond acceptors (Lipinski definition) is 2. The second-order valence-electron chi connectivity index (χ2n) is 18.7. The van der Waals surface area contributed by atoms with Gasteiger partial charge in [-0.1, -0.05) is 187 Å². The van der Waals surface area contributed by atoms with Gasteiger partial charge in [-0.2, -0.15) is 0 Å². The van der Waals surface area contributed by atoms with Crippen LogP contribution >= 0.6 is 0 Å². The van der Waals surface area contributed by atoms with Crippen molar-refractivity contribution in [3.8, 4) is 22.3 Å². The number of rotatable bonds is 12. The van der Waals surface area contributed by atoms with Gasteiger partial charge in [0.1, 0.15) is 0 Å². The van der Waals surface area contributed by atoms with Crippen molar-refractivity contribution >= 4 is 66.4 Å². The highest BCUT2D eigenvalue weighted by atomic mass is 15.2. The van der Waals surface area contributed by atoms with Crippen molar-refractivity contribution in [1.82, 2.24) is 0 Å². The molecule has 0 aliphatic carbocycles. The zero-order valence-corrected chi connectivity index (χ0v) is 39.8. The van der Waals surface area contributed by atoms with Crippen LogP contribution in [0.15, 0.2) is 182 Å². The molecule has 0 aliphatic heterocycles. The molecule has 2 nitrogen and oxygen atoms in total. The lowest BCUT2D eigenvalue weighted by Gasteiger charge is -2.34. The summed E-state index contributed by atoms with van der Waals surface area (Å²) in [5.41, 5.74) is 19.9. The first-order valence-electron chi connectivity index (χ1n) is 24.0. The molecular weight excluding hydrogens is 797 g/mol. The smallest absolute Gasteiger partial charge is 0.0543 e. The molecule has 0 amide bonds. The third-order valence-corrected chi connectivity index (χ3v) is 14.0. The molecule has 0 spiro atoms. The van der Waals surface area contributed by atoms with E-state index in [1.165, 1.54) is 122 Å². The normalized spacial score (nSPS) is 11.7. The summed E-state index contributed by atoms with van der Waals surface area (Å²) in [6.45, 7) is 18.5. The van der Waals surface area contributed by atoms with E-state index in [2.05, 4.69) is 247 Å². The summed E-state index contributed by atoms with van der Waals surface area (Å²) >= 11 is 0. The van der Waals surface area contributed by atoms with Crippen molar-refractivity contribution in [3.05, 3.63) is 215 Å². The van der Waals surface area contributed by atoms with Gasteiger partial charge in [0, 0.05) is 33.5 Å². The predicted octanol–water partition coefficient (Wildman–Crippen LogP) is 18.8. The molecule has 66 heavy (non-hydrogen) atoms. The minimum Gasteiger partial charge on any atom is -0.309 e. The number of anilines is 6. The van der Waals surface area contributed by atoms with E-state index >= 15 is 0 Å². The first-order valence-corrected chi connectivity index (χ1v) is 24.0. The van der Waals surface area contributed by atoms with Crippen molar-refractivity contribution in [3.63, 3.8) is 0 Å². The lowest BCUT2D eigenvalue weighted by atomic mass is 9.83. The molecule has 10 aromatic carbocycles. The zero-order chi connectivity index (χ0) is 45.6. The van der Waals surface area contributed by atoms with E-state index in [0.717, 1.165) is 12.8 Å². The molecule has 326 valence electrons. The van der Waals surface area contributed by atoms with Gasteiger partial charge in [-0.3, -0.25) is 0 Å². The fraction of sp³-hybridized carbons (Fsp3) is 0.188. The summed E-state index contributed by atoms with van der Waals surface area (Å²) in [6.07, 6.45) is 1.85. The number of benzene rings is 10. The Morgan fingerprint density at radius 1 is 0.333 bits per heavy atom. The van der Waals surface area contributed by atoms with Gasteiger partial charge in [0.15, 0.2) is 0 Å². The van der Waals surface area contributed by atoms with Crippen LogP contribution in [0.2, 0.25) is 0 Å². The Balaban J connectivity index is 1.33. The summed E-state index contributed by atoms with van der Waals surface area (Å²) in [6, 6.07) is 68.4. The standard InChI is InChI=1S/C64H60N2/c1-9-45-21-17-19-27-57(45)65(59-37-49(31-29-43(59)7)47-23-13-11-14-24-47)61-39-55(41(3)4)51-34-36-54-62(40-56(42(5)6)52-33-35-53(61)63(51)64(52)54)66(58-28-20-18-22-46(58)10-2)60-38-50(32-30-44(60)8)48-25-15-12-16-26-48/h11-42H,9-10H2,1-8H3. The van der Waals surface area contributed by atoms with Crippen molar-refractivity contribution in [2.45, 2.75) is 80.1 Å². The molecule has 0 atom stereocenters. The van der Waals surface area contributed by atoms with Crippen molar-refractivity contribution < 1.29 is 0 Å². The average Bonchev–Trinajstić information content (AvgIpc) is 3.35. The van der Waals surface area contributed by atoms with Gasteiger partial charge in [0.05, 0.1) is 11.4 Å². The Bertz CT molecular complexity index is 3130. The predicted molar refractivity (Wildman–Crippen MR) is 287 cm³/mol. The highest BCUT2D eigenvalue weighted by molar-refractivity contribution is 6.29. The number of hydrogen-bond donors (Lipinski definition) is 0. The highest BCUT2D eigenvalue weighted by Gasteiger charge is 2.28.